The van der Waals surface area contributed by atoms with Crippen molar-refractivity contribution in [2.24, 2.45) is 11.0 Å². The molecule has 1 aliphatic carbocycles. The van der Waals surface area contributed by atoms with E-state index in [4.69, 9.17) is 27.9 Å². The van der Waals surface area contributed by atoms with E-state index in [1.165, 1.54) is 25.1 Å². The van der Waals surface area contributed by atoms with Crippen LogP contribution in [0.4, 0.5) is 13.2 Å². The topological polar surface area (TPSA) is 62.1 Å². The monoisotopic (exact) mass is 452 g/mol. The lowest BCUT2D eigenvalue weighted by Gasteiger charge is -2.34. The lowest BCUT2D eigenvalue weighted by atomic mass is 9.83. The van der Waals surface area contributed by atoms with Gasteiger partial charge >= 0.3 is 6.18 Å². The number of aliphatic hydroxyl groups is 1. The normalized spacial score (nSPS) is 24.4. The molecule has 0 aromatic heterocycles. The molecule has 0 saturated heterocycles. The summed E-state index contributed by atoms with van der Waals surface area (Å²) in [7, 11) is 0. The van der Waals surface area contributed by atoms with Crippen molar-refractivity contribution in [3.8, 4) is 5.75 Å². The molecule has 3 rings (SSSR count). The lowest BCUT2D eigenvalue weighted by Crippen LogP contribution is -2.58. The zero-order valence-corrected chi connectivity index (χ0v) is 17.2. The summed E-state index contributed by atoms with van der Waals surface area (Å²) >= 11 is 11.8. The summed E-state index contributed by atoms with van der Waals surface area (Å²) in [4.78, 5) is 12.8. The van der Waals surface area contributed by atoms with Gasteiger partial charge in [-0.15, -0.1) is 0 Å². The minimum absolute atomic E-state index is 0.0862. The van der Waals surface area contributed by atoms with Gasteiger partial charge in [0.25, 0.3) is 11.6 Å². The second-order valence-corrected chi connectivity index (χ2v) is 8.25. The maximum atomic E-state index is 13.7. The number of carbonyl (C=O) groups is 1. The Morgan fingerprint density at radius 2 is 1.97 bits per heavy atom. The lowest BCUT2D eigenvalue weighted by molar-refractivity contribution is -0.303. The molecule has 0 radical (unpaired) electrons. The molecule has 0 spiro atoms. The van der Waals surface area contributed by atoms with Crippen molar-refractivity contribution in [1.82, 2.24) is 5.01 Å². The van der Waals surface area contributed by atoms with Crippen LogP contribution in [0.25, 0.3) is 0 Å². The minimum Gasteiger partial charge on any atom is -0.479 e. The third-order valence-electron chi connectivity index (χ3n) is 5.29. The van der Waals surface area contributed by atoms with Crippen LogP contribution in [0.3, 0.4) is 0 Å². The number of hydrazone groups is 1. The first-order chi connectivity index (χ1) is 13.5. The number of amides is 1. The third-order valence-corrected chi connectivity index (χ3v) is 5.82. The summed E-state index contributed by atoms with van der Waals surface area (Å²) in [6.45, 7) is 1.28. The second-order valence-electron chi connectivity index (χ2n) is 7.40. The van der Waals surface area contributed by atoms with E-state index in [2.05, 4.69) is 5.10 Å². The fourth-order valence-corrected chi connectivity index (χ4v) is 4.12. The van der Waals surface area contributed by atoms with Crippen molar-refractivity contribution >= 4 is 34.8 Å². The van der Waals surface area contributed by atoms with Gasteiger partial charge in [-0.2, -0.15) is 23.3 Å². The number of rotatable bonds is 4. The molecule has 1 fully saturated rings. The molecule has 10 heteroatoms. The number of carbonyl (C=O) groups excluding carboxylic acids is 1. The molecule has 1 N–H and O–H groups in total. The first kappa shape index (κ1) is 22.2. The van der Waals surface area contributed by atoms with Crippen LogP contribution in [0.15, 0.2) is 23.3 Å². The molecule has 5 nitrogen and oxygen atoms in total. The smallest absolute Gasteiger partial charge is 0.438 e. The molecule has 1 saturated carbocycles. The van der Waals surface area contributed by atoms with E-state index in [0.29, 0.717) is 17.9 Å². The Hall–Kier alpha value is -1.51. The van der Waals surface area contributed by atoms with E-state index in [-0.39, 0.29) is 27.4 Å². The molecule has 1 heterocycles. The molecule has 1 aliphatic heterocycles. The van der Waals surface area contributed by atoms with Gasteiger partial charge in [0.2, 0.25) is 0 Å². The van der Waals surface area contributed by atoms with Crippen LogP contribution in [-0.4, -0.2) is 39.7 Å². The van der Waals surface area contributed by atoms with Gasteiger partial charge in [-0.1, -0.05) is 42.5 Å². The Morgan fingerprint density at radius 1 is 1.31 bits per heavy atom. The van der Waals surface area contributed by atoms with Crippen LogP contribution < -0.4 is 4.74 Å². The maximum Gasteiger partial charge on any atom is 0.438 e. The highest BCUT2D eigenvalue weighted by Crippen LogP contribution is 2.43. The van der Waals surface area contributed by atoms with Gasteiger partial charge < -0.3 is 9.84 Å². The molecule has 0 bridgehead atoms. The van der Waals surface area contributed by atoms with Crippen molar-refractivity contribution in [2.45, 2.75) is 63.5 Å². The Bertz CT molecular complexity index is 812. The number of nitrogens with zero attached hydrogens (tertiary/aromatic N) is 2. The van der Waals surface area contributed by atoms with Crippen LogP contribution in [0.1, 0.15) is 45.4 Å². The summed E-state index contributed by atoms with van der Waals surface area (Å²) < 4.78 is 46.5. The average Bonchev–Trinajstić information content (AvgIpc) is 3.03. The molecule has 1 aromatic rings. The third kappa shape index (κ3) is 4.49. The first-order valence-electron chi connectivity index (χ1n) is 9.35. The summed E-state index contributed by atoms with van der Waals surface area (Å²) in [6, 6.07) is 4.27. The zero-order chi connectivity index (χ0) is 21.4. The molecule has 1 amide bonds. The van der Waals surface area contributed by atoms with Gasteiger partial charge in [-0.25, -0.2) is 0 Å². The number of hydrogen-bond acceptors (Lipinski definition) is 4. The van der Waals surface area contributed by atoms with Crippen molar-refractivity contribution in [2.75, 3.05) is 0 Å². The number of ether oxygens (including phenoxy) is 1. The Balaban J connectivity index is 1.84. The Kier molecular flexibility index (Phi) is 6.36. The number of benzene rings is 1. The second kappa shape index (κ2) is 8.32. The van der Waals surface area contributed by atoms with Gasteiger partial charge in [-0.3, -0.25) is 4.79 Å². The predicted molar refractivity (Wildman–Crippen MR) is 103 cm³/mol. The molecule has 29 heavy (non-hydrogen) atoms. The molecular weight excluding hydrogens is 432 g/mol. The molecular formula is C19H21Cl2F3N2O3. The Morgan fingerprint density at radius 3 is 2.55 bits per heavy atom. The van der Waals surface area contributed by atoms with Crippen LogP contribution in [0.2, 0.25) is 10.0 Å². The van der Waals surface area contributed by atoms with E-state index in [0.717, 1.165) is 19.3 Å². The minimum atomic E-state index is -5.07. The van der Waals surface area contributed by atoms with Crippen molar-refractivity contribution < 1.29 is 27.8 Å². The van der Waals surface area contributed by atoms with E-state index >= 15 is 0 Å². The van der Waals surface area contributed by atoms with Gasteiger partial charge in [0.1, 0.15) is 5.75 Å². The van der Waals surface area contributed by atoms with E-state index in [9.17, 15) is 23.1 Å². The van der Waals surface area contributed by atoms with Gasteiger partial charge in [0.15, 0.2) is 6.10 Å². The molecule has 2 unspecified atom stereocenters. The SMILES string of the molecule is CC(Oc1ccc(Cl)cc1Cl)C(=O)N1N=C(C2CCCCC2)CC1(O)C(F)(F)F. The highest BCUT2D eigenvalue weighted by atomic mass is 35.5. The quantitative estimate of drug-likeness (QED) is 0.684. The van der Waals surface area contributed by atoms with Crippen molar-refractivity contribution in [1.29, 1.82) is 0 Å². The first-order valence-corrected chi connectivity index (χ1v) is 10.1. The molecule has 2 atom stereocenters. The van der Waals surface area contributed by atoms with Crippen LogP contribution >= 0.6 is 23.2 Å². The molecule has 2 aliphatic rings. The van der Waals surface area contributed by atoms with Gasteiger partial charge in [-0.05, 0) is 43.9 Å². The van der Waals surface area contributed by atoms with Crippen LogP contribution in [0, 0.1) is 5.92 Å². The zero-order valence-electron chi connectivity index (χ0n) is 15.7. The van der Waals surface area contributed by atoms with Gasteiger partial charge in [0.05, 0.1) is 5.02 Å². The van der Waals surface area contributed by atoms with E-state index in [1.807, 2.05) is 0 Å². The summed E-state index contributed by atoms with van der Waals surface area (Å²) in [5.41, 5.74) is -3.19. The van der Waals surface area contributed by atoms with E-state index in [1.54, 1.807) is 0 Å². The standard InChI is InChI=1S/C19H21Cl2F3N2O3/c1-11(29-16-8-7-13(20)9-14(16)21)17(27)26-18(28,19(22,23)24)10-15(25-26)12-5-3-2-4-6-12/h7-9,11-12,28H,2-6,10H2,1H3. The molecule has 160 valence electrons. The number of halogens is 5. The summed E-state index contributed by atoms with van der Waals surface area (Å²) in [6.07, 6.45) is -3.00. The highest BCUT2D eigenvalue weighted by Gasteiger charge is 2.64. The number of hydrogen-bond donors (Lipinski definition) is 1. The van der Waals surface area contributed by atoms with Crippen molar-refractivity contribution in [3.63, 3.8) is 0 Å². The van der Waals surface area contributed by atoms with Crippen LogP contribution in [-0.2, 0) is 4.79 Å². The van der Waals surface area contributed by atoms with Gasteiger partial charge in [0, 0.05) is 17.2 Å². The fourth-order valence-electron chi connectivity index (χ4n) is 3.67. The largest absolute Gasteiger partial charge is 0.479 e. The highest BCUT2D eigenvalue weighted by molar-refractivity contribution is 6.35. The predicted octanol–water partition coefficient (Wildman–Crippen LogP) is 5.18. The summed E-state index contributed by atoms with van der Waals surface area (Å²) in [5.74, 6) is -1.19. The molecule has 1 aromatic carbocycles. The summed E-state index contributed by atoms with van der Waals surface area (Å²) in [5, 5.41) is 14.9. The van der Waals surface area contributed by atoms with Crippen molar-refractivity contribution in [3.05, 3.63) is 28.2 Å². The average molecular weight is 453 g/mol. The van der Waals surface area contributed by atoms with E-state index < -0.39 is 30.3 Å². The maximum absolute atomic E-state index is 13.7. The Labute approximate surface area is 176 Å². The van der Waals surface area contributed by atoms with Crippen LogP contribution in [0.5, 0.6) is 5.75 Å². The number of alkyl halides is 3. The fraction of sp³-hybridized carbons (Fsp3) is 0.579.